The number of hydrogen-bond donors (Lipinski definition) is 0. The van der Waals surface area contributed by atoms with Crippen LogP contribution in [0.1, 0.15) is 5.69 Å². The lowest BCUT2D eigenvalue weighted by Gasteiger charge is -1.99. The van der Waals surface area contributed by atoms with Gasteiger partial charge in [0.1, 0.15) is 18.1 Å². The molecule has 0 unspecified atom stereocenters. The average molecular weight is 200 g/mol. The van der Waals surface area contributed by atoms with E-state index in [1.54, 1.807) is 7.11 Å². The standard InChI is InChI=1S/C11H8N2O2/c1-14-10-4-2-8(3-5-10)11-13-9(6-12)7-15-11/h2-5,7H,1H3. The summed E-state index contributed by atoms with van der Waals surface area (Å²) in [5, 5.41) is 8.59. The van der Waals surface area contributed by atoms with Gasteiger partial charge in [0, 0.05) is 5.56 Å². The predicted molar refractivity (Wildman–Crippen MR) is 53.2 cm³/mol. The molecule has 0 aliphatic rings. The minimum atomic E-state index is 0.279. The van der Waals surface area contributed by atoms with Crippen molar-refractivity contribution in [1.82, 2.24) is 4.98 Å². The van der Waals surface area contributed by atoms with Gasteiger partial charge in [-0.25, -0.2) is 0 Å². The largest absolute Gasteiger partial charge is 0.497 e. The molecule has 0 amide bonds. The fourth-order valence-electron chi connectivity index (χ4n) is 1.19. The molecule has 0 atom stereocenters. The highest BCUT2D eigenvalue weighted by atomic mass is 16.5. The number of oxazole rings is 1. The molecule has 0 radical (unpaired) electrons. The van der Waals surface area contributed by atoms with Crippen LogP contribution in [0.15, 0.2) is 34.9 Å². The van der Waals surface area contributed by atoms with Gasteiger partial charge >= 0.3 is 0 Å². The van der Waals surface area contributed by atoms with Crippen LogP contribution in [-0.2, 0) is 0 Å². The molecule has 0 aliphatic carbocycles. The molecule has 0 spiro atoms. The first-order chi connectivity index (χ1) is 7.33. The molecule has 0 saturated carbocycles. The quantitative estimate of drug-likeness (QED) is 0.745. The summed E-state index contributed by atoms with van der Waals surface area (Å²) in [4.78, 5) is 3.99. The van der Waals surface area contributed by atoms with E-state index in [4.69, 9.17) is 14.4 Å². The molecule has 2 aromatic rings. The topological polar surface area (TPSA) is 59.0 Å². The van der Waals surface area contributed by atoms with Crippen LogP contribution in [0.5, 0.6) is 5.75 Å². The van der Waals surface area contributed by atoms with Gasteiger partial charge in [0.15, 0.2) is 5.69 Å². The zero-order valence-electron chi connectivity index (χ0n) is 8.10. The van der Waals surface area contributed by atoms with E-state index in [1.807, 2.05) is 30.3 Å². The zero-order valence-corrected chi connectivity index (χ0v) is 8.10. The molecular formula is C11H8N2O2. The Labute approximate surface area is 86.7 Å². The summed E-state index contributed by atoms with van der Waals surface area (Å²) < 4.78 is 10.2. The first-order valence-electron chi connectivity index (χ1n) is 4.33. The SMILES string of the molecule is COc1ccc(-c2nc(C#N)co2)cc1. The Balaban J connectivity index is 2.33. The van der Waals surface area contributed by atoms with Crippen LogP contribution in [0.2, 0.25) is 0 Å². The first kappa shape index (κ1) is 9.28. The van der Waals surface area contributed by atoms with Crippen LogP contribution in [0.4, 0.5) is 0 Å². The lowest BCUT2D eigenvalue weighted by molar-refractivity contribution is 0.415. The number of nitrogens with zero attached hydrogens (tertiary/aromatic N) is 2. The van der Waals surface area contributed by atoms with E-state index in [0.717, 1.165) is 11.3 Å². The summed E-state index contributed by atoms with van der Waals surface area (Å²) in [6, 6.07) is 9.18. The van der Waals surface area contributed by atoms with Gasteiger partial charge in [0.05, 0.1) is 7.11 Å². The van der Waals surface area contributed by atoms with Crippen LogP contribution < -0.4 is 4.74 Å². The minimum Gasteiger partial charge on any atom is -0.497 e. The van der Waals surface area contributed by atoms with Gasteiger partial charge < -0.3 is 9.15 Å². The molecule has 0 aliphatic heterocycles. The second-order valence-electron chi connectivity index (χ2n) is 2.88. The maximum absolute atomic E-state index is 8.59. The number of benzene rings is 1. The van der Waals surface area contributed by atoms with Crippen LogP contribution in [0, 0.1) is 11.3 Å². The molecule has 4 nitrogen and oxygen atoms in total. The van der Waals surface area contributed by atoms with Gasteiger partial charge in [0.25, 0.3) is 0 Å². The average Bonchev–Trinajstić information content (AvgIpc) is 2.78. The van der Waals surface area contributed by atoms with E-state index in [9.17, 15) is 0 Å². The van der Waals surface area contributed by atoms with Crippen LogP contribution in [0.3, 0.4) is 0 Å². The molecular weight excluding hydrogens is 192 g/mol. The summed E-state index contributed by atoms with van der Waals surface area (Å²) in [6.45, 7) is 0. The van der Waals surface area contributed by atoms with E-state index < -0.39 is 0 Å². The molecule has 0 N–H and O–H groups in total. The van der Waals surface area contributed by atoms with Crippen molar-refractivity contribution in [2.75, 3.05) is 7.11 Å². The molecule has 1 aromatic carbocycles. The highest BCUT2D eigenvalue weighted by molar-refractivity contribution is 5.55. The van der Waals surface area contributed by atoms with Crippen molar-refractivity contribution < 1.29 is 9.15 Å². The van der Waals surface area contributed by atoms with Crippen molar-refractivity contribution in [1.29, 1.82) is 5.26 Å². The fourth-order valence-corrected chi connectivity index (χ4v) is 1.19. The summed E-state index contributed by atoms with van der Waals surface area (Å²) in [5.74, 6) is 1.21. The minimum absolute atomic E-state index is 0.279. The van der Waals surface area contributed by atoms with Crippen molar-refractivity contribution in [2.24, 2.45) is 0 Å². The summed E-state index contributed by atoms with van der Waals surface area (Å²) in [6.07, 6.45) is 1.33. The number of hydrogen-bond acceptors (Lipinski definition) is 4. The molecule has 15 heavy (non-hydrogen) atoms. The van der Waals surface area contributed by atoms with Gasteiger partial charge in [-0.2, -0.15) is 10.2 Å². The van der Waals surface area contributed by atoms with Gasteiger partial charge in [0.2, 0.25) is 5.89 Å². The van der Waals surface area contributed by atoms with E-state index in [-0.39, 0.29) is 5.69 Å². The normalized spacial score (nSPS) is 9.60. The maximum atomic E-state index is 8.59. The molecule has 4 heteroatoms. The maximum Gasteiger partial charge on any atom is 0.227 e. The lowest BCUT2D eigenvalue weighted by atomic mass is 10.2. The van der Waals surface area contributed by atoms with Gasteiger partial charge in [-0.15, -0.1) is 0 Å². The van der Waals surface area contributed by atoms with Crippen molar-refractivity contribution in [3.8, 4) is 23.3 Å². The second kappa shape index (κ2) is 3.84. The van der Waals surface area contributed by atoms with Crippen molar-refractivity contribution >= 4 is 0 Å². The van der Waals surface area contributed by atoms with Gasteiger partial charge in [-0.1, -0.05) is 0 Å². The van der Waals surface area contributed by atoms with E-state index in [1.165, 1.54) is 6.26 Å². The van der Waals surface area contributed by atoms with Gasteiger partial charge in [-0.3, -0.25) is 0 Å². The monoisotopic (exact) mass is 200 g/mol. The summed E-state index contributed by atoms with van der Waals surface area (Å²) >= 11 is 0. The van der Waals surface area contributed by atoms with Crippen molar-refractivity contribution in [3.05, 3.63) is 36.2 Å². The third-order valence-electron chi connectivity index (χ3n) is 1.96. The third kappa shape index (κ3) is 1.81. The Kier molecular flexibility index (Phi) is 2.38. The lowest BCUT2D eigenvalue weighted by Crippen LogP contribution is -1.82. The molecule has 74 valence electrons. The van der Waals surface area contributed by atoms with Crippen LogP contribution in [0.25, 0.3) is 11.5 Å². The van der Waals surface area contributed by atoms with Crippen molar-refractivity contribution in [2.45, 2.75) is 0 Å². The second-order valence-corrected chi connectivity index (χ2v) is 2.88. The zero-order chi connectivity index (χ0) is 10.7. The number of methoxy groups -OCH3 is 1. The Morgan fingerprint density at radius 1 is 1.33 bits per heavy atom. The Hall–Kier alpha value is -2.28. The number of ether oxygens (including phenoxy) is 1. The number of rotatable bonds is 2. The van der Waals surface area contributed by atoms with E-state index in [0.29, 0.717) is 5.89 Å². The molecule has 1 heterocycles. The van der Waals surface area contributed by atoms with Crippen LogP contribution >= 0.6 is 0 Å². The van der Waals surface area contributed by atoms with E-state index >= 15 is 0 Å². The summed E-state index contributed by atoms with van der Waals surface area (Å²) in [5.41, 5.74) is 1.10. The Morgan fingerprint density at radius 2 is 2.07 bits per heavy atom. The fraction of sp³-hybridized carbons (Fsp3) is 0.0909. The third-order valence-corrected chi connectivity index (χ3v) is 1.96. The van der Waals surface area contributed by atoms with Crippen LogP contribution in [-0.4, -0.2) is 12.1 Å². The Morgan fingerprint density at radius 3 is 2.60 bits per heavy atom. The smallest absolute Gasteiger partial charge is 0.227 e. The Bertz CT molecular complexity index is 494. The highest BCUT2D eigenvalue weighted by Gasteiger charge is 2.05. The van der Waals surface area contributed by atoms with E-state index in [2.05, 4.69) is 4.98 Å². The van der Waals surface area contributed by atoms with Crippen molar-refractivity contribution in [3.63, 3.8) is 0 Å². The molecule has 0 fully saturated rings. The number of nitriles is 1. The number of aromatic nitrogens is 1. The molecule has 0 bridgehead atoms. The molecule has 0 saturated heterocycles. The van der Waals surface area contributed by atoms with Gasteiger partial charge in [-0.05, 0) is 24.3 Å². The first-order valence-corrected chi connectivity index (χ1v) is 4.33. The summed E-state index contributed by atoms with van der Waals surface area (Å²) in [7, 11) is 1.61. The highest BCUT2D eigenvalue weighted by Crippen LogP contribution is 2.21. The predicted octanol–water partition coefficient (Wildman–Crippen LogP) is 2.22. The molecule has 1 aromatic heterocycles. The molecule has 2 rings (SSSR count).